The first-order valence-corrected chi connectivity index (χ1v) is 10.7. The van der Waals surface area contributed by atoms with E-state index in [1.807, 2.05) is 16.7 Å². The van der Waals surface area contributed by atoms with Crippen LogP contribution < -0.4 is 16.0 Å². The molecule has 0 aliphatic carbocycles. The first-order valence-electron chi connectivity index (χ1n) is 10.7. The van der Waals surface area contributed by atoms with E-state index >= 15 is 0 Å². The Morgan fingerprint density at radius 1 is 1.19 bits per heavy atom. The van der Waals surface area contributed by atoms with Crippen molar-refractivity contribution in [2.45, 2.75) is 12.5 Å². The van der Waals surface area contributed by atoms with Crippen molar-refractivity contribution in [3.8, 4) is 0 Å². The van der Waals surface area contributed by atoms with E-state index < -0.39 is 0 Å². The van der Waals surface area contributed by atoms with Crippen LogP contribution in [0.5, 0.6) is 0 Å². The average molecular weight is 435 g/mol. The zero-order chi connectivity index (χ0) is 22.1. The van der Waals surface area contributed by atoms with Crippen LogP contribution in [0.4, 0.5) is 23.1 Å². The Labute approximate surface area is 185 Å². The maximum Gasteiger partial charge on any atom is 0.246 e. The molecule has 0 radical (unpaired) electrons. The summed E-state index contributed by atoms with van der Waals surface area (Å²) in [6.07, 6.45) is 3.89. The first kappa shape index (κ1) is 20.3. The van der Waals surface area contributed by atoms with Crippen LogP contribution in [-0.2, 0) is 9.53 Å². The lowest BCUT2D eigenvalue weighted by atomic mass is 10.2. The molecule has 4 heterocycles. The maximum atomic E-state index is 11.9. The summed E-state index contributed by atoms with van der Waals surface area (Å²) in [5, 5.41) is 3.25. The van der Waals surface area contributed by atoms with Gasteiger partial charge in [0.25, 0.3) is 0 Å². The Morgan fingerprint density at radius 2 is 1.97 bits per heavy atom. The number of nitrogens with zero attached hydrogens (tertiary/aromatic N) is 6. The summed E-state index contributed by atoms with van der Waals surface area (Å²) in [7, 11) is 0. The van der Waals surface area contributed by atoms with Crippen LogP contribution in [-0.4, -0.2) is 69.7 Å². The van der Waals surface area contributed by atoms with Crippen molar-refractivity contribution in [2.24, 2.45) is 0 Å². The molecule has 166 valence electrons. The lowest BCUT2D eigenvalue weighted by Crippen LogP contribution is -2.36. The first-order chi connectivity index (χ1) is 15.6. The van der Waals surface area contributed by atoms with Crippen LogP contribution in [0.3, 0.4) is 0 Å². The minimum absolute atomic E-state index is 0.0612. The molecule has 1 amide bonds. The molecule has 1 aromatic carbocycles. The largest absolute Gasteiger partial charge is 0.382 e. The number of nitrogens with one attached hydrogen (secondary N) is 1. The highest BCUT2D eigenvalue weighted by Crippen LogP contribution is 2.28. The van der Waals surface area contributed by atoms with Gasteiger partial charge >= 0.3 is 0 Å². The van der Waals surface area contributed by atoms with Gasteiger partial charge < -0.3 is 30.2 Å². The van der Waals surface area contributed by atoms with E-state index in [9.17, 15) is 4.79 Å². The van der Waals surface area contributed by atoms with E-state index in [4.69, 9.17) is 10.5 Å². The number of benzene rings is 1. The summed E-state index contributed by atoms with van der Waals surface area (Å²) in [5.74, 6) is 0.667. The minimum atomic E-state index is -0.0612. The number of rotatable bonds is 5. The van der Waals surface area contributed by atoms with Crippen molar-refractivity contribution in [3.63, 3.8) is 0 Å². The van der Waals surface area contributed by atoms with Gasteiger partial charge in [-0.2, -0.15) is 9.97 Å². The van der Waals surface area contributed by atoms with Crippen molar-refractivity contribution >= 4 is 40.2 Å². The summed E-state index contributed by atoms with van der Waals surface area (Å²) >= 11 is 0. The number of carbonyl (C=O) groups is 1. The molecular weight excluding hydrogens is 408 g/mol. The fraction of sp³-hybridized carbons (Fsp3) is 0.364. The molecule has 2 aliphatic rings. The van der Waals surface area contributed by atoms with Gasteiger partial charge in [-0.15, -0.1) is 0 Å². The van der Waals surface area contributed by atoms with Crippen LogP contribution >= 0.6 is 0 Å². The summed E-state index contributed by atoms with van der Waals surface area (Å²) in [6.45, 7) is 8.13. The second kappa shape index (κ2) is 8.46. The molecule has 1 atom stereocenters. The van der Waals surface area contributed by atoms with E-state index in [0.717, 1.165) is 44.1 Å². The molecule has 0 saturated carbocycles. The number of ether oxygens (including phenoxy) is 1. The number of aromatic nitrogens is 4. The van der Waals surface area contributed by atoms with E-state index in [1.165, 1.54) is 6.08 Å². The monoisotopic (exact) mass is 434 g/mol. The molecule has 10 nitrogen and oxygen atoms in total. The highest BCUT2D eigenvalue weighted by molar-refractivity contribution is 5.87. The minimum Gasteiger partial charge on any atom is -0.382 e. The normalized spacial score (nSPS) is 18.8. The number of imidazole rings is 1. The van der Waals surface area contributed by atoms with Crippen LogP contribution in [0.15, 0.2) is 43.2 Å². The van der Waals surface area contributed by atoms with Crippen molar-refractivity contribution in [3.05, 3.63) is 43.2 Å². The number of hydrogen-bond donors (Lipinski definition) is 2. The number of carbonyl (C=O) groups excluding carboxylic acids is 1. The number of likely N-dealkylation sites (tertiary alicyclic amines) is 1. The molecule has 0 spiro atoms. The number of morpholine rings is 1. The maximum absolute atomic E-state index is 11.9. The van der Waals surface area contributed by atoms with Crippen LogP contribution in [0.1, 0.15) is 12.5 Å². The summed E-state index contributed by atoms with van der Waals surface area (Å²) in [4.78, 5) is 29.5. The van der Waals surface area contributed by atoms with Gasteiger partial charge in [0.1, 0.15) is 5.52 Å². The average Bonchev–Trinajstić information content (AvgIpc) is 3.47. The standard InChI is InChI=1S/C22H26N8O2/c1-2-18(31)29-8-7-17(13-29)30-14-24-19-20(23)26-22(27-21(19)30)25-15-3-5-16(6-4-15)28-9-11-32-12-10-28/h2-6,14,17H,1,7-13H2,(H3,23,25,26,27). The van der Waals surface area contributed by atoms with Gasteiger partial charge in [-0.25, -0.2) is 4.98 Å². The summed E-state index contributed by atoms with van der Waals surface area (Å²) < 4.78 is 7.40. The Morgan fingerprint density at radius 3 is 2.72 bits per heavy atom. The fourth-order valence-electron chi connectivity index (χ4n) is 4.27. The molecular formula is C22H26N8O2. The van der Waals surface area contributed by atoms with Gasteiger partial charge in [0.15, 0.2) is 11.5 Å². The Kier molecular flexibility index (Phi) is 5.36. The molecule has 0 bridgehead atoms. The number of nitrogen functional groups attached to an aromatic ring is 1. The molecule has 2 aliphatic heterocycles. The van der Waals surface area contributed by atoms with Gasteiger partial charge in [-0.3, -0.25) is 4.79 Å². The number of hydrogen-bond acceptors (Lipinski definition) is 8. The Hall–Kier alpha value is -3.66. The van der Waals surface area contributed by atoms with Gasteiger partial charge in [-0.05, 0) is 36.8 Å². The third-order valence-electron chi connectivity index (χ3n) is 5.99. The predicted octanol–water partition coefficient (Wildman–Crippen LogP) is 1.95. The summed E-state index contributed by atoms with van der Waals surface area (Å²) in [6, 6.07) is 8.23. The van der Waals surface area contributed by atoms with Gasteiger partial charge in [0.05, 0.1) is 25.6 Å². The molecule has 3 aromatic rings. The molecule has 3 N–H and O–H groups in total. The van der Waals surface area contributed by atoms with Crippen LogP contribution in [0.2, 0.25) is 0 Å². The second-order valence-corrected chi connectivity index (χ2v) is 7.96. The van der Waals surface area contributed by atoms with E-state index in [1.54, 1.807) is 11.2 Å². The van der Waals surface area contributed by atoms with E-state index in [-0.39, 0.29) is 11.9 Å². The van der Waals surface area contributed by atoms with Crippen molar-refractivity contribution in [2.75, 3.05) is 55.3 Å². The van der Waals surface area contributed by atoms with Crippen LogP contribution in [0.25, 0.3) is 11.2 Å². The van der Waals surface area contributed by atoms with Crippen molar-refractivity contribution in [1.29, 1.82) is 0 Å². The fourth-order valence-corrected chi connectivity index (χ4v) is 4.27. The van der Waals surface area contributed by atoms with Gasteiger partial charge in [-0.1, -0.05) is 6.58 Å². The molecule has 32 heavy (non-hydrogen) atoms. The van der Waals surface area contributed by atoms with Crippen molar-refractivity contribution in [1.82, 2.24) is 24.4 Å². The number of anilines is 4. The zero-order valence-corrected chi connectivity index (χ0v) is 17.8. The van der Waals surface area contributed by atoms with E-state index in [0.29, 0.717) is 36.0 Å². The molecule has 5 rings (SSSR count). The third-order valence-corrected chi connectivity index (χ3v) is 5.99. The topological polar surface area (TPSA) is 114 Å². The van der Waals surface area contributed by atoms with Gasteiger partial charge in [0, 0.05) is 37.6 Å². The molecule has 2 aromatic heterocycles. The Balaban J connectivity index is 1.36. The summed E-state index contributed by atoms with van der Waals surface area (Å²) in [5.41, 5.74) is 9.43. The highest BCUT2D eigenvalue weighted by atomic mass is 16.5. The SMILES string of the molecule is C=CC(=O)N1CCC(n2cnc3c(N)nc(Nc4ccc(N5CCOCC5)cc4)nc32)C1. The highest BCUT2D eigenvalue weighted by Gasteiger charge is 2.28. The predicted molar refractivity (Wildman–Crippen MR) is 123 cm³/mol. The third kappa shape index (κ3) is 3.84. The lowest BCUT2D eigenvalue weighted by molar-refractivity contribution is -0.125. The molecule has 10 heteroatoms. The molecule has 1 unspecified atom stereocenters. The zero-order valence-electron chi connectivity index (χ0n) is 17.8. The number of nitrogens with two attached hydrogens (primary N) is 1. The Bertz CT molecular complexity index is 1140. The van der Waals surface area contributed by atoms with E-state index in [2.05, 4.69) is 43.9 Å². The smallest absolute Gasteiger partial charge is 0.246 e. The van der Waals surface area contributed by atoms with Crippen LogP contribution in [0, 0.1) is 0 Å². The quantitative estimate of drug-likeness (QED) is 0.586. The van der Waals surface area contributed by atoms with Gasteiger partial charge in [0.2, 0.25) is 11.9 Å². The molecule has 2 fully saturated rings. The molecule has 2 saturated heterocycles. The lowest BCUT2D eigenvalue weighted by Gasteiger charge is -2.28. The number of fused-ring (bicyclic) bond motifs is 1. The number of amides is 1. The second-order valence-electron chi connectivity index (χ2n) is 7.96. The van der Waals surface area contributed by atoms with Crippen molar-refractivity contribution < 1.29 is 9.53 Å².